The molecule has 0 heterocycles. The number of hydrogen-bond acceptors (Lipinski definition) is 3. The first-order chi connectivity index (χ1) is 8.91. The highest BCUT2D eigenvalue weighted by atomic mass is 16.4. The predicted octanol–water partition coefficient (Wildman–Crippen LogP) is 0.313. The Morgan fingerprint density at radius 3 is 2.16 bits per heavy atom. The second-order valence-electron chi connectivity index (χ2n) is 4.49. The number of amides is 3. The van der Waals surface area contributed by atoms with Crippen LogP contribution < -0.4 is 16.0 Å². The van der Waals surface area contributed by atoms with Crippen molar-refractivity contribution in [2.45, 2.75) is 33.1 Å². The zero-order valence-electron chi connectivity index (χ0n) is 11.5. The van der Waals surface area contributed by atoms with Crippen LogP contribution in [0.2, 0.25) is 0 Å². The van der Waals surface area contributed by atoms with E-state index in [1.807, 2.05) is 6.92 Å². The second-order valence-corrected chi connectivity index (χ2v) is 4.49. The van der Waals surface area contributed by atoms with Crippen LogP contribution in [0.5, 0.6) is 0 Å². The first-order valence-corrected chi connectivity index (χ1v) is 6.39. The molecule has 7 nitrogen and oxygen atoms in total. The van der Waals surface area contributed by atoms with Crippen molar-refractivity contribution in [3.8, 4) is 0 Å². The Bertz CT molecular complexity index is 307. The molecule has 0 rings (SSSR count). The molecule has 0 fully saturated rings. The molecule has 0 saturated heterocycles. The third-order valence-corrected chi connectivity index (χ3v) is 2.56. The number of carboxylic acids is 1. The molecule has 0 aliphatic rings. The first kappa shape index (κ1) is 17.2. The van der Waals surface area contributed by atoms with Gasteiger partial charge in [-0.15, -0.1) is 0 Å². The van der Waals surface area contributed by atoms with Gasteiger partial charge in [-0.1, -0.05) is 6.92 Å². The van der Waals surface area contributed by atoms with E-state index in [-0.39, 0.29) is 24.3 Å². The zero-order valence-corrected chi connectivity index (χ0v) is 11.5. The summed E-state index contributed by atoms with van der Waals surface area (Å²) in [5, 5.41) is 16.4. The van der Waals surface area contributed by atoms with Gasteiger partial charge in [-0.05, 0) is 18.8 Å². The van der Waals surface area contributed by atoms with E-state index in [1.54, 1.807) is 0 Å². The lowest BCUT2D eigenvalue weighted by atomic mass is 10.0. The minimum absolute atomic E-state index is 0.130. The fourth-order valence-electron chi connectivity index (χ4n) is 1.42. The highest BCUT2D eigenvalue weighted by Gasteiger charge is 2.06. The van der Waals surface area contributed by atoms with Crippen molar-refractivity contribution < 1.29 is 19.5 Å². The quantitative estimate of drug-likeness (QED) is 0.453. The van der Waals surface area contributed by atoms with Crippen molar-refractivity contribution in [2.75, 3.05) is 19.6 Å². The summed E-state index contributed by atoms with van der Waals surface area (Å²) >= 11 is 0. The molecule has 0 aliphatic carbocycles. The maximum absolute atomic E-state index is 11.3. The Hall–Kier alpha value is -1.79. The summed E-state index contributed by atoms with van der Waals surface area (Å²) in [6, 6.07) is -0.282. The van der Waals surface area contributed by atoms with Crippen LogP contribution in [-0.4, -0.2) is 42.6 Å². The largest absolute Gasteiger partial charge is 0.481 e. The van der Waals surface area contributed by atoms with Crippen molar-refractivity contribution >= 4 is 17.9 Å². The van der Waals surface area contributed by atoms with Crippen LogP contribution >= 0.6 is 0 Å². The number of urea groups is 1. The van der Waals surface area contributed by atoms with Crippen molar-refractivity contribution in [3.63, 3.8) is 0 Å². The summed E-state index contributed by atoms with van der Waals surface area (Å²) in [6.07, 6.45) is 1.51. The number of hydrogen-bond donors (Lipinski definition) is 4. The van der Waals surface area contributed by atoms with Crippen molar-refractivity contribution in [1.82, 2.24) is 16.0 Å². The fourth-order valence-corrected chi connectivity index (χ4v) is 1.42. The Morgan fingerprint density at radius 2 is 1.58 bits per heavy atom. The van der Waals surface area contributed by atoms with Gasteiger partial charge >= 0.3 is 12.0 Å². The van der Waals surface area contributed by atoms with Crippen LogP contribution in [0.4, 0.5) is 4.79 Å². The van der Waals surface area contributed by atoms with Crippen molar-refractivity contribution in [3.05, 3.63) is 0 Å². The molecule has 0 radical (unpaired) electrons. The molecule has 1 unspecified atom stereocenters. The molecular formula is C12H23N3O4. The predicted molar refractivity (Wildman–Crippen MR) is 70.7 cm³/mol. The standard InChI is InChI=1S/C12H23N3O4/c1-9(3-4-11(17)18)5-6-14-12(19)15-8-7-13-10(2)16/h9H,3-8H2,1-2H3,(H,13,16)(H,17,18)(H2,14,15,19). The van der Waals surface area contributed by atoms with E-state index in [4.69, 9.17) is 5.11 Å². The molecule has 0 aromatic carbocycles. The molecule has 1 atom stereocenters. The summed E-state index contributed by atoms with van der Waals surface area (Å²) in [4.78, 5) is 32.2. The van der Waals surface area contributed by atoms with Crippen LogP contribution in [0.1, 0.15) is 33.1 Å². The van der Waals surface area contributed by atoms with E-state index in [9.17, 15) is 14.4 Å². The number of rotatable bonds is 9. The molecule has 0 spiro atoms. The van der Waals surface area contributed by atoms with E-state index >= 15 is 0 Å². The topological polar surface area (TPSA) is 108 Å². The van der Waals surface area contributed by atoms with E-state index in [1.165, 1.54) is 6.92 Å². The van der Waals surface area contributed by atoms with Gasteiger partial charge in [0.25, 0.3) is 0 Å². The molecule has 3 amide bonds. The zero-order chi connectivity index (χ0) is 14.7. The van der Waals surface area contributed by atoms with E-state index in [0.29, 0.717) is 26.1 Å². The number of aliphatic carboxylic acids is 1. The third kappa shape index (κ3) is 12.5. The van der Waals surface area contributed by atoms with Gasteiger partial charge in [0.05, 0.1) is 0 Å². The maximum atomic E-state index is 11.3. The number of nitrogens with one attached hydrogen (secondary N) is 3. The molecule has 7 heteroatoms. The number of carbonyl (C=O) groups is 3. The maximum Gasteiger partial charge on any atom is 0.314 e. The Balaban J connectivity index is 3.47. The van der Waals surface area contributed by atoms with E-state index < -0.39 is 5.97 Å². The van der Waals surface area contributed by atoms with Crippen LogP contribution in [0.15, 0.2) is 0 Å². The summed E-state index contributed by atoms with van der Waals surface area (Å²) in [5.74, 6) is -0.666. The Kier molecular flexibility index (Phi) is 9.20. The molecule has 0 aromatic rings. The molecular weight excluding hydrogens is 250 g/mol. The monoisotopic (exact) mass is 273 g/mol. The molecule has 0 bridgehead atoms. The summed E-state index contributed by atoms with van der Waals surface area (Å²) in [5.41, 5.74) is 0. The molecule has 0 aromatic heterocycles. The second kappa shape index (κ2) is 10.2. The van der Waals surface area contributed by atoms with Crippen LogP contribution in [-0.2, 0) is 9.59 Å². The number of carboxylic acid groups (broad SMARTS) is 1. The fraction of sp³-hybridized carbons (Fsp3) is 0.750. The lowest BCUT2D eigenvalue weighted by molar-refractivity contribution is -0.137. The van der Waals surface area contributed by atoms with Gasteiger partial charge in [0, 0.05) is 33.0 Å². The highest BCUT2D eigenvalue weighted by Crippen LogP contribution is 2.08. The van der Waals surface area contributed by atoms with E-state index in [0.717, 1.165) is 6.42 Å². The molecule has 4 N–H and O–H groups in total. The smallest absolute Gasteiger partial charge is 0.314 e. The van der Waals surface area contributed by atoms with Crippen LogP contribution in [0.3, 0.4) is 0 Å². The number of carbonyl (C=O) groups excluding carboxylic acids is 2. The third-order valence-electron chi connectivity index (χ3n) is 2.56. The normalized spacial score (nSPS) is 11.5. The van der Waals surface area contributed by atoms with Gasteiger partial charge in [0.15, 0.2) is 0 Å². The Morgan fingerprint density at radius 1 is 1.00 bits per heavy atom. The van der Waals surface area contributed by atoms with E-state index in [2.05, 4.69) is 16.0 Å². The first-order valence-electron chi connectivity index (χ1n) is 6.39. The van der Waals surface area contributed by atoms with Crippen LogP contribution in [0, 0.1) is 5.92 Å². The summed E-state index contributed by atoms with van der Waals surface area (Å²) in [7, 11) is 0. The molecule has 19 heavy (non-hydrogen) atoms. The van der Waals surface area contributed by atoms with Crippen molar-refractivity contribution in [2.24, 2.45) is 5.92 Å². The van der Waals surface area contributed by atoms with Gasteiger partial charge < -0.3 is 21.1 Å². The SMILES string of the molecule is CC(=O)NCCNC(=O)NCCC(C)CCC(=O)O. The lowest BCUT2D eigenvalue weighted by Gasteiger charge is -2.11. The van der Waals surface area contributed by atoms with Gasteiger partial charge in [0.1, 0.15) is 0 Å². The van der Waals surface area contributed by atoms with Gasteiger partial charge in [-0.3, -0.25) is 9.59 Å². The lowest BCUT2D eigenvalue weighted by Crippen LogP contribution is -2.40. The van der Waals surface area contributed by atoms with Crippen LogP contribution in [0.25, 0.3) is 0 Å². The summed E-state index contributed by atoms with van der Waals surface area (Å²) in [6.45, 7) is 4.66. The van der Waals surface area contributed by atoms with Gasteiger partial charge in [-0.2, -0.15) is 0 Å². The van der Waals surface area contributed by atoms with Gasteiger partial charge in [-0.25, -0.2) is 4.79 Å². The molecule has 110 valence electrons. The average molecular weight is 273 g/mol. The minimum atomic E-state index is -0.796. The highest BCUT2D eigenvalue weighted by molar-refractivity contribution is 5.74. The van der Waals surface area contributed by atoms with Crippen molar-refractivity contribution in [1.29, 1.82) is 0 Å². The average Bonchev–Trinajstić information content (AvgIpc) is 2.32. The molecule has 0 saturated carbocycles. The Labute approximate surface area is 113 Å². The van der Waals surface area contributed by atoms with Gasteiger partial charge in [0.2, 0.25) is 5.91 Å². The summed E-state index contributed by atoms with van der Waals surface area (Å²) < 4.78 is 0. The molecule has 0 aliphatic heterocycles. The minimum Gasteiger partial charge on any atom is -0.481 e.